The van der Waals surface area contributed by atoms with E-state index in [0.29, 0.717) is 6.04 Å². The van der Waals surface area contributed by atoms with Crippen LogP contribution in [0, 0.1) is 0 Å². The molecule has 0 fully saturated rings. The fourth-order valence-electron chi connectivity index (χ4n) is 4.04. The van der Waals surface area contributed by atoms with Crippen molar-refractivity contribution in [1.29, 1.82) is 0 Å². The number of fused-ring (bicyclic) bond motifs is 3. The highest BCUT2D eigenvalue weighted by Crippen LogP contribution is 2.33. The molecule has 1 aliphatic heterocycles. The number of aryl methyl sites for hydroxylation is 3. The average molecular weight is 333 g/mol. The molecule has 1 atom stereocenters. The van der Waals surface area contributed by atoms with Gasteiger partial charge in [-0.25, -0.2) is 0 Å². The first kappa shape index (κ1) is 16.3. The number of hydrogen-bond donors (Lipinski definition) is 0. The van der Waals surface area contributed by atoms with Gasteiger partial charge in [0.2, 0.25) is 0 Å². The second kappa shape index (κ2) is 6.64. The summed E-state index contributed by atoms with van der Waals surface area (Å²) in [5.74, 6) is 0. The predicted molar refractivity (Wildman–Crippen MR) is 104 cm³/mol. The van der Waals surface area contributed by atoms with Crippen LogP contribution >= 0.6 is 0 Å². The Balaban J connectivity index is 1.78. The van der Waals surface area contributed by atoms with Gasteiger partial charge in [0.15, 0.2) is 0 Å². The van der Waals surface area contributed by atoms with Gasteiger partial charge in [-0.15, -0.1) is 0 Å². The average Bonchev–Trinajstić information content (AvgIpc) is 2.93. The van der Waals surface area contributed by atoms with Crippen LogP contribution in [-0.2, 0) is 32.4 Å². The number of hydrogen-bond acceptors (Lipinski definition) is 2. The Kier molecular flexibility index (Phi) is 4.34. The number of nitrogens with zero attached hydrogens (tertiary/aromatic N) is 3. The van der Waals surface area contributed by atoms with Gasteiger partial charge in [0.1, 0.15) is 0 Å². The Bertz CT molecular complexity index is 879. The fraction of sp³-hybridized carbons (Fsp3) is 0.409. The van der Waals surface area contributed by atoms with Gasteiger partial charge in [0.05, 0.1) is 0 Å². The molecule has 3 aromatic rings. The molecule has 3 nitrogen and oxygen atoms in total. The minimum Gasteiger partial charge on any atom is -0.344 e. The monoisotopic (exact) mass is 333 g/mol. The Morgan fingerprint density at radius 2 is 2.08 bits per heavy atom. The normalized spacial score (nSPS) is 17.8. The maximum absolute atomic E-state index is 4.26. The molecule has 0 spiro atoms. The zero-order valence-corrected chi connectivity index (χ0v) is 15.5. The zero-order valence-electron chi connectivity index (χ0n) is 15.5. The first-order chi connectivity index (χ1) is 12.2. The number of rotatable bonds is 4. The Hall–Kier alpha value is -2.13. The molecule has 0 N–H and O–H groups in total. The molecule has 0 radical (unpaired) electrons. The van der Waals surface area contributed by atoms with Gasteiger partial charge in [-0.3, -0.25) is 9.88 Å². The zero-order chi connectivity index (χ0) is 17.4. The lowest BCUT2D eigenvalue weighted by atomic mass is 9.99. The van der Waals surface area contributed by atoms with E-state index in [-0.39, 0.29) is 0 Å². The van der Waals surface area contributed by atoms with E-state index in [1.165, 1.54) is 33.3 Å². The third-order valence-corrected chi connectivity index (χ3v) is 5.75. The van der Waals surface area contributed by atoms with Crippen LogP contribution in [-0.4, -0.2) is 27.5 Å². The lowest BCUT2D eigenvalue weighted by molar-refractivity contribution is 0.228. The smallest absolute Gasteiger partial charge is 0.0486 e. The summed E-state index contributed by atoms with van der Waals surface area (Å²) in [6.45, 7) is 6.66. The highest BCUT2D eigenvalue weighted by molar-refractivity contribution is 5.86. The van der Waals surface area contributed by atoms with E-state index in [2.05, 4.69) is 59.6 Å². The number of aromatic nitrogens is 2. The predicted octanol–water partition coefficient (Wildman–Crippen LogP) is 4.22. The molecule has 1 aliphatic rings. The maximum Gasteiger partial charge on any atom is 0.0486 e. The first-order valence-electron chi connectivity index (χ1n) is 9.39. The molecule has 0 aliphatic carbocycles. The molecule has 2 aromatic heterocycles. The molecule has 0 saturated carbocycles. The van der Waals surface area contributed by atoms with Crippen molar-refractivity contribution in [2.45, 2.75) is 52.2 Å². The van der Waals surface area contributed by atoms with Crippen molar-refractivity contribution in [3.05, 3.63) is 65.1 Å². The number of benzene rings is 1. The Labute approximate surface area is 150 Å². The molecule has 3 heteroatoms. The standard InChI is InChI=1S/C22H27N3/c1-4-17-7-8-21-19(13-17)20-15-24(3)16(2)12-22(20)25(21)11-9-18-6-5-10-23-14-18/h5-8,10,13-14,16H,4,9,11-12,15H2,1-3H3. The first-order valence-corrected chi connectivity index (χ1v) is 9.39. The van der Waals surface area contributed by atoms with Gasteiger partial charge in [-0.05, 0) is 61.7 Å². The van der Waals surface area contributed by atoms with E-state index < -0.39 is 0 Å². The molecule has 4 rings (SSSR count). The van der Waals surface area contributed by atoms with Gasteiger partial charge < -0.3 is 4.57 Å². The molecule has 130 valence electrons. The molecule has 25 heavy (non-hydrogen) atoms. The van der Waals surface area contributed by atoms with E-state index in [4.69, 9.17) is 0 Å². The lowest BCUT2D eigenvalue weighted by Gasteiger charge is -2.31. The fourth-order valence-corrected chi connectivity index (χ4v) is 4.04. The summed E-state index contributed by atoms with van der Waals surface area (Å²) >= 11 is 0. The molecular formula is C22H27N3. The van der Waals surface area contributed by atoms with Crippen molar-refractivity contribution in [2.75, 3.05) is 7.05 Å². The number of pyridine rings is 1. The van der Waals surface area contributed by atoms with Crippen LogP contribution < -0.4 is 0 Å². The van der Waals surface area contributed by atoms with E-state index in [9.17, 15) is 0 Å². The van der Waals surface area contributed by atoms with Crippen LogP contribution in [0.2, 0.25) is 0 Å². The van der Waals surface area contributed by atoms with Crippen molar-refractivity contribution < 1.29 is 0 Å². The van der Waals surface area contributed by atoms with Gasteiger partial charge in [-0.1, -0.05) is 19.1 Å². The third-order valence-electron chi connectivity index (χ3n) is 5.75. The minimum atomic E-state index is 0.597. The van der Waals surface area contributed by atoms with Crippen molar-refractivity contribution in [1.82, 2.24) is 14.5 Å². The molecular weight excluding hydrogens is 306 g/mol. The van der Waals surface area contributed by atoms with Crippen molar-refractivity contribution in [3.8, 4) is 0 Å². The van der Waals surface area contributed by atoms with E-state index in [1.807, 2.05) is 18.5 Å². The van der Waals surface area contributed by atoms with Crippen molar-refractivity contribution >= 4 is 10.9 Å². The molecule has 1 unspecified atom stereocenters. The summed E-state index contributed by atoms with van der Waals surface area (Å²) in [6, 6.07) is 11.8. The highest BCUT2D eigenvalue weighted by Gasteiger charge is 2.26. The van der Waals surface area contributed by atoms with Crippen molar-refractivity contribution in [2.24, 2.45) is 0 Å². The Morgan fingerprint density at radius 1 is 1.20 bits per heavy atom. The summed E-state index contributed by atoms with van der Waals surface area (Å²) in [7, 11) is 2.25. The minimum absolute atomic E-state index is 0.597. The molecule has 3 heterocycles. The lowest BCUT2D eigenvalue weighted by Crippen LogP contribution is -2.35. The van der Waals surface area contributed by atoms with Gasteiger partial charge in [0, 0.05) is 54.5 Å². The van der Waals surface area contributed by atoms with Gasteiger partial charge >= 0.3 is 0 Å². The van der Waals surface area contributed by atoms with Gasteiger partial charge in [-0.2, -0.15) is 0 Å². The quantitative estimate of drug-likeness (QED) is 0.713. The van der Waals surface area contributed by atoms with Crippen LogP contribution in [0.25, 0.3) is 10.9 Å². The van der Waals surface area contributed by atoms with E-state index >= 15 is 0 Å². The second-order valence-electron chi connectivity index (χ2n) is 7.36. The maximum atomic E-state index is 4.26. The SMILES string of the molecule is CCc1ccc2c(c1)c1c(n2CCc2cccnc2)CC(C)N(C)C1. The topological polar surface area (TPSA) is 21.1 Å². The van der Waals surface area contributed by atoms with Crippen LogP contribution in [0.5, 0.6) is 0 Å². The molecule has 0 bridgehead atoms. The van der Waals surface area contributed by atoms with Gasteiger partial charge in [0.25, 0.3) is 0 Å². The molecule has 0 amide bonds. The third kappa shape index (κ3) is 2.98. The number of likely N-dealkylation sites (N-methyl/N-ethyl adjacent to an activating group) is 1. The molecule has 1 aromatic carbocycles. The van der Waals surface area contributed by atoms with Crippen LogP contribution in [0.1, 0.15) is 36.2 Å². The summed E-state index contributed by atoms with van der Waals surface area (Å²) < 4.78 is 2.57. The van der Waals surface area contributed by atoms with Crippen LogP contribution in [0.15, 0.2) is 42.7 Å². The van der Waals surface area contributed by atoms with Crippen LogP contribution in [0.3, 0.4) is 0 Å². The van der Waals surface area contributed by atoms with E-state index in [0.717, 1.165) is 32.4 Å². The Morgan fingerprint density at radius 3 is 2.84 bits per heavy atom. The largest absolute Gasteiger partial charge is 0.344 e. The summed E-state index contributed by atoms with van der Waals surface area (Å²) in [4.78, 5) is 6.74. The summed E-state index contributed by atoms with van der Waals surface area (Å²) in [6.07, 6.45) is 7.10. The van der Waals surface area contributed by atoms with Crippen molar-refractivity contribution in [3.63, 3.8) is 0 Å². The summed E-state index contributed by atoms with van der Waals surface area (Å²) in [5.41, 5.74) is 7.22. The van der Waals surface area contributed by atoms with Crippen LogP contribution in [0.4, 0.5) is 0 Å². The van der Waals surface area contributed by atoms with E-state index in [1.54, 1.807) is 0 Å². The highest BCUT2D eigenvalue weighted by atomic mass is 15.1. The second-order valence-corrected chi connectivity index (χ2v) is 7.36. The summed E-state index contributed by atoms with van der Waals surface area (Å²) in [5, 5.41) is 1.46. The molecule has 0 saturated heterocycles.